The Bertz CT molecular complexity index is 1180. The second-order valence-corrected chi connectivity index (χ2v) is 8.92. The molecule has 2 aromatic carbocycles. The molecular weight excluding hydrogens is 444 g/mol. The first-order chi connectivity index (χ1) is 16.0. The van der Waals surface area contributed by atoms with E-state index in [1.807, 2.05) is 18.2 Å². The number of halogens is 1. The van der Waals surface area contributed by atoms with Gasteiger partial charge in [-0.15, -0.1) is 0 Å². The zero-order valence-corrected chi connectivity index (χ0v) is 18.9. The van der Waals surface area contributed by atoms with E-state index < -0.39 is 11.7 Å². The van der Waals surface area contributed by atoms with Crippen LogP contribution in [0.3, 0.4) is 0 Å². The lowest BCUT2D eigenvalue weighted by molar-refractivity contribution is -0.117. The number of nitrogens with one attached hydrogen (secondary N) is 1. The predicted molar refractivity (Wildman–Crippen MR) is 124 cm³/mol. The minimum absolute atomic E-state index is 0.00372. The number of ketones is 1. The molecule has 8 heteroatoms. The van der Waals surface area contributed by atoms with Crippen LogP contribution in [-0.4, -0.2) is 55.5 Å². The number of carbonyl (C=O) groups excluding carboxylic acids is 2. The Hall–Kier alpha value is -3.03. The summed E-state index contributed by atoms with van der Waals surface area (Å²) in [7, 11) is 0. The maximum atomic E-state index is 12.9. The molecule has 0 unspecified atom stereocenters. The molecule has 1 aromatic heterocycles. The molecule has 0 bridgehead atoms. The topological polar surface area (TPSA) is 81.0 Å². The molecule has 172 valence electrons. The van der Waals surface area contributed by atoms with Gasteiger partial charge in [0.1, 0.15) is 18.8 Å². The van der Waals surface area contributed by atoms with Crippen molar-refractivity contribution < 1.29 is 23.5 Å². The highest BCUT2D eigenvalue weighted by Gasteiger charge is 2.26. The number of ether oxygens (including phenoxy) is 2. The third kappa shape index (κ3) is 4.99. The Morgan fingerprint density at radius 3 is 2.61 bits per heavy atom. The lowest BCUT2D eigenvalue weighted by Crippen LogP contribution is -2.46. The number of furan rings is 1. The highest BCUT2D eigenvalue weighted by atomic mass is 35.5. The second kappa shape index (κ2) is 9.45. The summed E-state index contributed by atoms with van der Waals surface area (Å²) in [6.07, 6.45) is 2.86. The summed E-state index contributed by atoms with van der Waals surface area (Å²) in [5.41, 5.74) is 1.52. The van der Waals surface area contributed by atoms with E-state index in [9.17, 15) is 9.59 Å². The van der Waals surface area contributed by atoms with E-state index in [1.165, 1.54) is 0 Å². The van der Waals surface area contributed by atoms with Gasteiger partial charge in [-0.05, 0) is 74.3 Å². The van der Waals surface area contributed by atoms with Crippen LogP contribution < -0.4 is 14.8 Å². The third-order valence-corrected chi connectivity index (χ3v) is 6.24. The van der Waals surface area contributed by atoms with Crippen LogP contribution in [0.15, 0.2) is 46.9 Å². The van der Waals surface area contributed by atoms with Crippen LogP contribution in [0.25, 0.3) is 11.0 Å². The molecule has 7 nitrogen and oxygen atoms in total. The molecule has 1 atom stereocenters. The average molecular weight is 469 g/mol. The largest absolute Gasteiger partial charge is 0.486 e. The summed E-state index contributed by atoms with van der Waals surface area (Å²) >= 11 is 6.01. The van der Waals surface area contributed by atoms with Crippen LogP contribution >= 0.6 is 11.6 Å². The Kier molecular flexibility index (Phi) is 6.24. The van der Waals surface area contributed by atoms with E-state index in [4.69, 9.17) is 25.5 Å². The molecule has 0 aliphatic carbocycles. The van der Waals surface area contributed by atoms with Gasteiger partial charge in [0.15, 0.2) is 17.3 Å². The van der Waals surface area contributed by atoms with Gasteiger partial charge in [0.2, 0.25) is 0 Å². The number of benzene rings is 2. The third-order valence-electron chi connectivity index (χ3n) is 6.01. The Morgan fingerprint density at radius 1 is 1.00 bits per heavy atom. The van der Waals surface area contributed by atoms with Crippen molar-refractivity contribution in [3.05, 3.63) is 58.8 Å². The molecule has 0 saturated carbocycles. The van der Waals surface area contributed by atoms with Crippen molar-refractivity contribution in [2.24, 2.45) is 0 Å². The molecule has 33 heavy (non-hydrogen) atoms. The summed E-state index contributed by atoms with van der Waals surface area (Å²) in [4.78, 5) is 28.0. The molecule has 2 aliphatic heterocycles. The van der Waals surface area contributed by atoms with Crippen molar-refractivity contribution in [2.75, 3.05) is 32.8 Å². The molecule has 1 N–H and O–H groups in total. The van der Waals surface area contributed by atoms with Crippen LogP contribution in [-0.2, 0) is 11.2 Å². The van der Waals surface area contributed by atoms with Crippen molar-refractivity contribution in [2.45, 2.75) is 25.3 Å². The van der Waals surface area contributed by atoms with E-state index in [-0.39, 0.29) is 11.8 Å². The van der Waals surface area contributed by atoms with E-state index in [0.717, 1.165) is 37.2 Å². The Labute approximate surface area is 196 Å². The molecule has 1 saturated heterocycles. The minimum atomic E-state index is -0.698. The molecule has 5 rings (SSSR count). The first-order valence-corrected chi connectivity index (χ1v) is 11.6. The number of hydrogen-bond acceptors (Lipinski definition) is 6. The van der Waals surface area contributed by atoms with E-state index in [0.29, 0.717) is 47.9 Å². The van der Waals surface area contributed by atoms with Gasteiger partial charge >= 0.3 is 0 Å². The summed E-state index contributed by atoms with van der Waals surface area (Å²) in [6, 6.07) is 12.2. The second-order valence-electron chi connectivity index (χ2n) is 8.48. The maximum absolute atomic E-state index is 12.9. The quantitative estimate of drug-likeness (QED) is 0.419. The van der Waals surface area contributed by atoms with Crippen molar-refractivity contribution in [1.29, 1.82) is 0 Å². The standard InChI is InChI=1S/C25H25ClN2O5/c26-18-4-6-20-17(13-18)14-23(33-20)24(29)25(30)27-19(15-28-7-1-2-8-28)11-16-3-5-21-22(12-16)32-10-9-31-21/h3-6,12-14,19H,1-2,7-11,15H2,(H,27,30)/t19-/m0/s1. The lowest BCUT2D eigenvalue weighted by Gasteiger charge is -2.25. The van der Waals surface area contributed by atoms with E-state index in [1.54, 1.807) is 24.3 Å². The van der Waals surface area contributed by atoms with Crippen molar-refractivity contribution >= 4 is 34.3 Å². The zero-order valence-electron chi connectivity index (χ0n) is 18.1. The van der Waals surface area contributed by atoms with Gasteiger partial charge in [0, 0.05) is 23.0 Å². The number of hydrogen-bond donors (Lipinski definition) is 1. The summed E-state index contributed by atoms with van der Waals surface area (Å²) in [6.45, 7) is 3.71. The molecule has 2 aliphatic rings. The number of Topliss-reactive ketones (excluding diaryl/α,β-unsaturated/α-hetero) is 1. The van der Waals surface area contributed by atoms with Gasteiger partial charge in [-0.1, -0.05) is 17.7 Å². The van der Waals surface area contributed by atoms with Crippen molar-refractivity contribution in [3.63, 3.8) is 0 Å². The van der Waals surface area contributed by atoms with Crippen LogP contribution in [0.5, 0.6) is 11.5 Å². The van der Waals surface area contributed by atoms with Gasteiger partial charge in [0.25, 0.3) is 11.7 Å². The first kappa shape index (κ1) is 21.8. The van der Waals surface area contributed by atoms with Gasteiger partial charge in [0.05, 0.1) is 0 Å². The monoisotopic (exact) mass is 468 g/mol. The fourth-order valence-electron chi connectivity index (χ4n) is 4.43. The lowest BCUT2D eigenvalue weighted by atomic mass is 10.0. The van der Waals surface area contributed by atoms with E-state index in [2.05, 4.69) is 10.2 Å². The number of fused-ring (bicyclic) bond motifs is 2. The summed E-state index contributed by atoms with van der Waals surface area (Å²) in [5, 5.41) is 4.16. The zero-order chi connectivity index (χ0) is 22.8. The number of likely N-dealkylation sites (tertiary alicyclic amines) is 1. The normalized spacial score (nSPS) is 16.6. The minimum Gasteiger partial charge on any atom is -0.486 e. The maximum Gasteiger partial charge on any atom is 0.296 e. The Morgan fingerprint density at radius 2 is 1.79 bits per heavy atom. The highest BCUT2D eigenvalue weighted by Crippen LogP contribution is 2.31. The predicted octanol–water partition coefficient (Wildman–Crippen LogP) is 3.86. The molecule has 0 radical (unpaired) electrons. The fourth-order valence-corrected chi connectivity index (χ4v) is 4.61. The van der Waals surface area contributed by atoms with Crippen LogP contribution in [0.2, 0.25) is 5.02 Å². The molecule has 1 amide bonds. The molecule has 3 aromatic rings. The van der Waals surface area contributed by atoms with Gasteiger partial charge in [-0.2, -0.15) is 0 Å². The van der Waals surface area contributed by atoms with Crippen molar-refractivity contribution in [1.82, 2.24) is 10.2 Å². The van der Waals surface area contributed by atoms with E-state index >= 15 is 0 Å². The number of amides is 1. The summed E-state index contributed by atoms with van der Waals surface area (Å²) in [5.74, 6) is 0.0640. The highest BCUT2D eigenvalue weighted by molar-refractivity contribution is 6.42. The number of carbonyl (C=O) groups is 2. The van der Waals surface area contributed by atoms with Gasteiger partial charge in [-0.3, -0.25) is 9.59 Å². The number of rotatable bonds is 7. The van der Waals surface area contributed by atoms with Crippen LogP contribution in [0, 0.1) is 0 Å². The smallest absolute Gasteiger partial charge is 0.296 e. The molecule has 3 heterocycles. The Balaban J connectivity index is 1.32. The van der Waals surface area contributed by atoms with Crippen LogP contribution in [0.1, 0.15) is 29.0 Å². The molecule has 0 spiro atoms. The molecule has 1 fully saturated rings. The fraction of sp³-hybridized carbons (Fsp3) is 0.360. The first-order valence-electron chi connectivity index (χ1n) is 11.2. The van der Waals surface area contributed by atoms with Gasteiger partial charge in [-0.25, -0.2) is 0 Å². The number of nitrogens with zero attached hydrogens (tertiary/aromatic N) is 1. The summed E-state index contributed by atoms with van der Waals surface area (Å²) < 4.78 is 16.9. The molecular formula is C25H25ClN2O5. The average Bonchev–Trinajstić information content (AvgIpc) is 3.47. The van der Waals surface area contributed by atoms with Gasteiger partial charge < -0.3 is 24.1 Å². The van der Waals surface area contributed by atoms with Crippen molar-refractivity contribution in [3.8, 4) is 11.5 Å². The van der Waals surface area contributed by atoms with Crippen LogP contribution in [0.4, 0.5) is 0 Å². The SMILES string of the molecule is O=C(N[C@@H](Cc1ccc2c(c1)OCCO2)CN1CCCC1)C(=O)c1cc2cc(Cl)ccc2o1.